The van der Waals surface area contributed by atoms with Gasteiger partial charge in [0, 0.05) is 11.1 Å². The average Bonchev–Trinajstić information content (AvgIpc) is 2.35. The van der Waals surface area contributed by atoms with Crippen LogP contribution >= 0.6 is 0 Å². The number of benzene rings is 1. The zero-order chi connectivity index (χ0) is 11.0. The van der Waals surface area contributed by atoms with Crippen molar-refractivity contribution in [2.75, 3.05) is 5.48 Å². The Morgan fingerprint density at radius 3 is 2.94 bits per heavy atom. The highest BCUT2D eigenvalue weighted by molar-refractivity contribution is 5.90. The van der Waals surface area contributed by atoms with Crippen molar-refractivity contribution in [3.63, 3.8) is 0 Å². The minimum absolute atomic E-state index is 0.686. The van der Waals surface area contributed by atoms with Gasteiger partial charge in [0.15, 0.2) is 0 Å². The lowest BCUT2D eigenvalue weighted by atomic mass is 9.94. The van der Waals surface area contributed by atoms with Gasteiger partial charge in [0.05, 0.1) is 11.2 Å². The fourth-order valence-electron chi connectivity index (χ4n) is 2.41. The van der Waals surface area contributed by atoms with Gasteiger partial charge in [-0.2, -0.15) is 0 Å². The fraction of sp³-hybridized carbons (Fsp3) is 0.308. The summed E-state index contributed by atoms with van der Waals surface area (Å²) < 4.78 is 0. The molecule has 0 saturated heterocycles. The molecule has 1 heterocycles. The van der Waals surface area contributed by atoms with Crippen LogP contribution in [0.5, 0.6) is 0 Å². The molecule has 1 aromatic heterocycles. The van der Waals surface area contributed by atoms with E-state index >= 15 is 0 Å². The second kappa shape index (κ2) is 3.76. The van der Waals surface area contributed by atoms with Crippen molar-refractivity contribution in [2.24, 2.45) is 0 Å². The maximum atomic E-state index is 9.05. The first-order chi connectivity index (χ1) is 7.88. The molecule has 0 saturated carbocycles. The van der Waals surface area contributed by atoms with E-state index in [4.69, 9.17) is 5.21 Å². The number of fused-ring (bicyclic) bond motifs is 2. The second-order valence-corrected chi connectivity index (χ2v) is 4.29. The smallest absolute Gasteiger partial charge is 0.0959 e. The van der Waals surface area contributed by atoms with E-state index < -0.39 is 0 Å². The molecule has 0 spiro atoms. The fourth-order valence-corrected chi connectivity index (χ4v) is 2.41. The summed E-state index contributed by atoms with van der Waals surface area (Å²) in [6, 6.07) is 8.01. The molecule has 1 aliphatic carbocycles. The van der Waals surface area contributed by atoms with Crippen molar-refractivity contribution >= 4 is 16.6 Å². The molecule has 3 rings (SSSR count). The summed E-state index contributed by atoms with van der Waals surface area (Å²) in [7, 11) is 0. The van der Waals surface area contributed by atoms with Gasteiger partial charge in [-0.1, -0.05) is 12.1 Å². The van der Waals surface area contributed by atoms with Gasteiger partial charge in [-0.15, -0.1) is 0 Å². The Labute approximate surface area is 94.1 Å². The molecule has 1 aliphatic rings. The molecule has 0 unspecified atom stereocenters. The molecule has 0 radical (unpaired) electrons. The standard InChI is InChI=1S/C13H14N2O/c16-15-12-7-3-5-10-8-9-4-1-2-6-11(9)14-13(10)12/h3,5,7-8,15-16H,1-2,4,6H2. The van der Waals surface area contributed by atoms with Crippen molar-refractivity contribution < 1.29 is 5.21 Å². The molecule has 3 nitrogen and oxygen atoms in total. The van der Waals surface area contributed by atoms with Gasteiger partial charge in [0.1, 0.15) is 0 Å². The largest absolute Gasteiger partial charge is 0.291 e. The number of hydrogen-bond donors (Lipinski definition) is 2. The summed E-state index contributed by atoms with van der Waals surface area (Å²) in [5, 5.41) is 10.1. The molecular formula is C13H14N2O. The van der Waals surface area contributed by atoms with E-state index in [-0.39, 0.29) is 0 Å². The molecule has 0 bridgehead atoms. The summed E-state index contributed by atoms with van der Waals surface area (Å²) in [5.41, 5.74) is 6.33. The summed E-state index contributed by atoms with van der Waals surface area (Å²) >= 11 is 0. The van der Waals surface area contributed by atoms with Crippen molar-refractivity contribution in [3.05, 3.63) is 35.5 Å². The van der Waals surface area contributed by atoms with Crippen LogP contribution in [0, 0.1) is 0 Å². The Kier molecular flexibility index (Phi) is 2.26. The molecule has 82 valence electrons. The molecule has 1 aromatic carbocycles. The van der Waals surface area contributed by atoms with E-state index in [9.17, 15) is 0 Å². The Morgan fingerprint density at radius 1 is 1.19 bits per heavy atom. The number of hydrogen-bond acceptors (Lipinski definition) is 3. The zero-order valence-electron chi connectivity index (χ0n) is 9.03. The predicted molar refractivity (Wildman–Crippen MR) is 63.8 cm³/mol. The van der Waals surface area contributed by atoms with Gasteiger partial charge < -0.3 is 0 Å². The molecule has 2 N–H and O–H groups in total. The van der Waals surface area contributed by atoms with Gasteiger partial charge in [0.2, 0.25) is 0 Å². The normalized spacial score (nSPS) is 14.8. The van der Waals surface area contributed by atoms with Crippen LogP contribution in [-0.2, 0) is 12.8 Å². The highest BCUT2D eigenvalue weighted by atomic mass is 16.5. The van der Waals surface area contributed by atoms with Crippen molar-refractivity contribution in [2.45, 2.75) is 25.7 Å². The highest BCUT2D eigenvalue weighted by Gasteiger charge is 2.12. The van der Waals surface area contributed by atoms with Crippen molar-refractivity contribution in [3.8, 4) is 0 Å². The Hall–Kier alpha value is -1.61. The van der Waals surface area contributed by atoms with E-state index in [1.54, 1.807) is 0 Å². The maximum absolute atomic E-state index is 9.05. The van der Waals surface area contributed by atoms with Crippen LogP contribution in [0.3, 0.4) is 0 Å². The lowest BCUT2D eigenvalue weighted by Gasteiger charge is -2.16. The van der Waals surface area contributed by atoms with Crippen LogP contribution in [0.2, 0.25) is 0 Å². The number of aromatic nitrogens is 1. The molecule has 0 aliphatic heterocycles. The predicted octanol–water partition coefficient (Wildman–Crippen LogP) is 2.91. The quantitative estimate of drug-likeness (QED) is 0.717. The third-order valence-corrected chi connectivity index (χ3v) is 3.24. The molecule has 3 heteroatoms. The summed E-state index contributed by atoms with van der Waals surface area (Å²) in [6.07, 6.45) is 4.68. The number of rotatable bonds is 1. The van der Waals surface area contributed by atoms with Crippen LogP contribution in [0.25, 0.3) is 10.9 Å². The number of aryl methyl sites for hydroxylation is 2. The summed E-state index contributed by atoms with van der Waals surface area (Å²) in [6.45, 7) is 0. The zero-order valence-corrected chi connectivity index (χ0v) is 9.03. The van der Waals surface area contributed by atoms with Gasteiger partial charge in [-0.05, 0) is 43.4 Å². The van der Waals surface area contributed by atoms with E-state index in [1.165, 1.54) is 24.1 Å². The molecule has 2 aromatic rings. The lowest BCUT2D eigenvalue weighted by molar-refractivity contribution is 0.389. The minimum atomic E-state index is 0.686. The number of nitrogens with zero attached hydrogens (tertiary/aromatic N) is 1. The first-order valence-corrected chi connectivity index (χ1v) is 5.70. The van der Waals surface area contributed by atoms with Crippen LogP contribution in [-0.4, -0.2) is 10.2 Å². The Balaban J connectivity index is 2.27. The number of anilines is 1. The minimum Gasteiger partial charge on any atom is -0.291 e. The van der Waals surface area contributed by atoms with Crippen LogP contribution in [0.15, 0.2) is 24.3 Å². The first-order valence-electron chi connectivity index (χ1n) is 5.70. The van der Waals surface area contributed by atoms with Crippen LogP contribution in [0.4, 0.5) is 5.69 Å². The average molecular weight is 214 g/mol. The van der Waals surface area contributed by atoms with E-state index in [1.807, 2.05) is 18.2 Å². The van der Waals surface area contributed by atoms with Crippen LogP contribution < -0.4 is 5.48 Å². The number of nitrogens with one attached hydrogen (secondary N) is 1. The lowest BCUT2D eigenvalue weighted by Crippen LogP contribution is -2.06. The van der Waals surface area contributed by atoms with Gasteiger partial charge in [-0.25, -0.2) is 0 Å². The number of pyridine rings is 1. The SMILES string of the molecule is ONc1cccc2cc3c(nc12)CCCC3. The van der Waals surface area contributed by atoms with Gasteiger partial charge >= 0.3 is 0 Å². The van der Waals surface area contributed by atoms with Crippen LogP contribution in [0.1, 0.15) is 24.1 Å². The third kappa shape index (κ3) is 1.44. The van der Waals surface area contributed by atoms with Gasteiger partial charge in [-0.3, -0.25) is 15.7 Å². The Morgan fingerprint density at radius 2 is 2.06 bits per heavy atom. The summed E-state index contributed by atoms with van der Waals surface area (Å²) in [5.74, 6) is 0. The van der Waals surface area contributed by atoms with Crippen molar-refractivity contribution in [1.29, 1.82) is 0 Å². The van der Waals surface area contributed by atoms with Gasteiger partial charge in [0.25, 0.3) is 0 Å². The molecule has 16 heavy (non-hydrogen) atoms. The number of para-hydroxylation sites is 1. The first kappa shape index (κ1) is 9.60. The van der Waals surface area contributed by atoms with E-state index in [0.29, 0.717) is 5.69 Å². The molecule has 0 fully saturated rings. The monoisotopic (exact) mass is 214 g/mol. The van der Waals surface area contributed by atoms with E-state index in [0.717, 1.165) is 23.7 Å². The highest BCUT2D eigenvalue weighted by Crippen LogP contribution is 2.27. The molecule has 0 atom stereocenters. The maximum Gasteiger partial charge on any atom is 0.0959 e. The molecule has 0 amide bonds. The van der Waals surface area contributed by atoms with Crippen molar-refractivity contribution in [1.82, 2.24) is 4.98 Å². The second-order valence-electron chi connectivity index (χ2n) is 4.29. The Bertz CT molecular complexity index is 537. The molecular weight excluding hydrogens is 200 g/mol. The van der Waals surface area contributed by atoms with E-state index in [2.05, 4.69) is 16.5 Å². The third-order valence-electron chi connectivity index (χ3n) is 3.24. The topological polar surface area (TPSA) is 45.1 Å². The summed E-state index contributed by atoms with van der Waals surface area (Å²) in [4.78, 5) is 4.66.